The minimum Gasteiger partial charge on any atom is -0.335 e. The van der Waals surface area contributed by atoms with E-state index in [1.54, 1.807) is 11.3 Å². The molecule has 164 valence electrons. The molecule has 5 heterocycles. The fourth-order valence-electron chi connectivity index (χ4n) is 6.04. The number of hydrogen-bond donors (Lipinski definition) is 2. The van der Waals surface area contributed by atoms with Crippen molar-refractivity contribution < 1.29 is 9.59 Å². The second kappa shape index (κ2) is 7.03. The first-order valence-corrected chi connectivity index (χ1v) is 13.0. The first kappa shape index (κ1) is 19.5. The lowest BCUT2D eigenvalue weighted by Gasteiger charge is -2.36. The molecule has 0 aliphatic carbocycles. The molecule has 0 radical (unpaired) electrons. The standard InChI is InChI=1S/C25H20N4O2S2/c30-22(23-26-16-8-3-4-9-17(16)27-23)21-20(19-10-5-11-33-19)18-12-32-13-29(18)25(21)14-6-1-2-7-15(14)28-24(25)31/h1-11,18,20-21H,12-13H2,(H,26,27)(H,28,31)/t18?,20?,21?,25-/m1/s1. The first-order chi connectivity index (χ1) is 16.2. The third-order valence-corrected chi connectivity index (χ3v) is 9.32. The molecule has 3 unspecified atom stereocenters. The molecule has 33 heavy (non-hydrogen) atoms. The van der Waals surface area contributed by atoms with Gasteiger partial charge < -0.3 is 10.3 Å². The number of ketones is 1. The minimum absolute atomic E-state index is 0.0855. The van der Waals surface area contributed by atoms with Gasteiger partial charge in [-0.15, -0.1) is 23.1 Å². The van der Waals surface area contributed by atoms with Crippen LogP contribution in [0.2, 0.25) is 0 Å². The van der Waals surface area contributed by atoms with Crippen molar-refractivity contribution in [3.05, 3.63) is 82.3 Å². The van der Waals surface area contributed by atoms with Gasteiger partial charge in [-0.25, -0.2) is 4.98 Å². The van der Waals surface area contributed by atoms with E-state index in [0.29, 0.717) is 5.82 Å². The summed E-state index contributed by atoms with van der Waals surface area (Å²) >= 11 is 3.50. The molecule has 3 aliphatic heterocycles. The maximum absolute atomic E-state index is 14.4. The Morgan fingerprint density at radius 1 is 1.09 bits per heavy atom. The number of aromatic amines is 1. The molecule has 0 bridgehead atoms. The molecule has 2 aromatic carbocycles. The minimum atomic E-state index is -1.05. The van der Waals surface area contributed by atoms with Gasteiger partial charge in [-0.3, -0.25) is 14.5 Å². The van der Waals surface area contributed by atoms with Gasteiger partial charge in [-0.05, 0) is 29.6 Å². The molecule has 0 saturated carbocycles. The molecule has 8 heteroatoms. The van der Waals surface area contributed by atoms with Gasteiger partial charge in [0, 0.05) is 39.7 Å². The molecule has 7 rings (SSSR count). The highest BCUT2D eigenvalue weighted by Crippen LogP contribution is 2.61. The highest BCUT2D eigenvalue weighted by molar-refractivity contribution is 7.99. The normalized spacial score (nSPS) is 28.4. The topological polar surface area (TPSA) is 78.1 Å². The van der Waals surface area contributed by atoms with E-state index in [1.165, 1.54) is 0 Å². The summed E-state index contributed by atoms with van der Waals surface area (Å²) in [5.41, 5.74) is 2.24. The average molecular weight is 473 g/mol. The van der Waals surface area contributed by atoms with Crippen molar-refractivity contribution >= 4 is 51.5 Å². The van der Waals surface area contributed by atoms with Crippen molar-refractivity contribution in [3.63, 3.8) is 0 Å². The SMILES string of the molecule is O=C(c1nc2ccccc2[nH]1)C1C(c2cccs2)C2CSCN2[C@@]12C(=O)Nc1ccccc12. The summed E-state index contributed by atoms with van der Waals surface area (Å²) < 4.78 is 0. The monoisotopic (exact) mass is 472 g/mol. The van der Waals surface area contributed by atoms with Gasteiger partial charge >= 0.3 is 0 Å². The number of H-pyrrole nitrogens is 1. The summed E-state index contributed by atoms with van der Waals surface area (Å²) in [4.78, 5) is 39.6. The first-order valence-electron chi connectivity index (χ1n) is 11.0. The smallest absolute Gasteiger partial charge is 0.250 e. The zero-order chi connectivity index (χ0) is 22.2. The summed E-state index contributed by atoms with van der Waals surface area (Å²) in [5.74, 6) is 1.07. The number of imidazole rings is 1. The van der Waals surface area contributed by atoms with E-state index < -0.39 is 11.5 Å². The molecule has 2 N–H and O–H groups in total. The Hall–Kier alpha value is -2.94. The maximum Gasteiger partial charge on any atom is 0.250 e. The predicted molar refractivity (Wildman–Crippen MR) is 131 cm³/mol. The number of aromatic nitrogens is 2. The van der Waals surface area contributed by atoms with Crippen LogP contribution in [0.1, 0.15) is 27.0 Å². The number of rotatable bonds is 3. The number of carbonyl (C=O) groups is 2. The van der Waals surface area contributed by atoms with Crippen LogP contribution in [-0.4, -0.2) is 44.2 Å². The number of nitrogens with one attached hydrogen (secondary N) is 2. The van der Waals surface area contributed by atoms with Gasteiger partial charge in [0.2, 0.25) is 11.7 Å². The van der Waals surface area contributed by atoms with Crippen LogP contribution in [-0.2, 0) is 10.3 Å². The molecule has 2 fully saturated rings. The number of hydrogen-bond acceptors (Lipinski definition) is 6. The van der Waals surface area contributed by atoms with E-state index >= 15 is 0 Å². The van der Waals surface area contributed by atoms with Gasteiger partial charge in [0.05, 0.1) is 17.0 Å². The Morgan fingerprint density at radius 2 is 1.94 bits per heavy atom. The number of carbonyl (C=O) groups excluding carboxylic acids is 2. The van der Waals surface area contributed by atoms with E-state index in [0.717, 1.165) is 38.8 Å². The number of thioether (sulfide) groups is 1. The number of para-hydroxylation sites is 3. The predicted octanol–water partition coefficient (Wildman–Crippen LogP) is 4.44. The fourth-order valence-corrected chi connectivity index (χ4v) is 8.29. The number of nitrogens with zero attached hydrogens (tertiary/aromatic N) is 2. The van der Waals surface area contributed by atoms with E-state index in [1.807, 2.05) is 66.4 Å². The molecule has 1 spiro atoms. The van der Waals surface area contributed by atoms with Gasteiger partial charge in [0.15, 0.2) is 5.82 Å². The molecule has 4 atom stereocenters. The zero-order valence-electron chi connectivity index (χ0n) is 17.5. The average Bonchev–Trinajstić information content (AvgIpc) is 3.63. The molecule has 3 aliphatic rings. The summed E-state index contributed by atoms with van der Waals surface area (Å²) in [7, 11) is 0. The van der Waals surface area contributed by atoms with Gasteiger partial charge in [-0.2, -0.15) is 0 Å². The lowest BCUT2D eigenvalue weighted by atomic mass is 9.72. The maximum atomic E-state index is 14.4. The van der Waals surface area contributed by atoms with Crippen molar-refractivity contribution in [2.75, 3.05) is 16.9 Å². The number of anilines is 1. The second-order valence-corrected chi connectivity index (χ2v) is 10.8. The van der Waals surface area contributed by atoms with Crippen molar-refractivity contribution in [1.29, 1.82) is 0 Å². The molecule has 4 aromatic rings. The molecular weight excluding hydrogens is 452 g/mol. The second-order valence-electron chi connectivity index (χ2n) is 8.79. The van der Waals surface area contributed by atoms with Crippen LogP contribution in [0.15, 0.2) is 66.0 Å². The van der Waals surface area contributed by atoms with E-state index in [4.69, 9.17) is 0 Å². The largest absolute Gasteiger partial charge is 0.335 e. The van der Waals surface area contributed by atoms with Crippen molar-refractivity contribution in [3.8, 4) is 0 Å². The quantitative estimate of drug-likeness (QED) is 0.431. The van der Waals surface area contributed by atoms with E-state index in [-0.39, 0.29) is 23.7 Å². The van der Waals surface area contributed by atoms with Gasteiger partial charge in [-0.1, -0.05) is 36.4 Å². The highest BCUT2D eigenvalue weighted by atomic mass is 32.2. The molecule has 2 saturated heterocycles. The van der Waals surface area contributed by atoms with Crippen LogP contribution in [0.3, 0.4) is 0 Å². The fraction of sp³-hybridized carbons (Fsp3) is 0.240. The van der Waals surface area contributed by atoms with Gasteiger partial charge in [0.1, 0.15) is 5.54 Å². The summed E-state index contributed by atoms with van der Waals surface area (Å²) in [6.45, 7) is 0. The Bertz CT molecular complexity index is 1380. The Kier molecular flexibility index (Phi) is 4.16. The number of fused-ring (bicyclic) bond motifs is 5. The summed E-state index contributed by atoms with van der Waals surface area (Å²) in [6, 6.07) is 19.7. The Morgan fingerprint density at radius 3 is 2.79 bits per heavy atom. The van der Waals surface area contributed by atoms with Crippen LogP contribution in [0.4, 0.5) is 5.69 Å². The summed E-state index contributed by atoms with van der Waals surface area (Å²) in [6.07, 6.45) is 0. The van der Waals surface area contributed by atoms with Crippen LogP contribution in [0.25, 0.3) is 11.0 Å². The van der Waals surface area contributed by atoms with E-state index in [2.05, 4.69) is 31.6 Å². The third-order valence-electron chi connectivity index (χ3n) is 7.31. The molecule has 6 nitrogen and oxygen atoms in total. The van der Waals surface area contributed by atoms with Crippen LogP contribution < -0.4 is 5.32 Å². The lowest BCUT2D eigenvalue weighted by Crippen LogP contribution is -2.52. The number of amides is 1. The molecule has 2 aromatic heterocycles. The van der Waals surface area contributed by atoms with Gasteiger partial charge in [0.25, 0.3) is 0 Å². The highest BCUT2D eigenvalue weighted by Gasteiger charge is 2.70. The lowest BCUT2D eigenvalue weighted by molar-refractivity contribution is -0.127. The van der Waals surface area contributed by atoms with Crippen LogP contribution in [0.5, 0.6) is 0 Å². The zero-order valence-corrected chi connectivity index (χ0v) is 19.2. The number of Topliss-reactive ketones (excluding diaryl/α,β-unsaturated/α-hetero) is 1. The van der Waals surface area contributed by atoms with Crippen molar-refractivity contribution in [2.45, 2.75) is 17.5 Å². The third kappa shape index (κ3) is 2.51. The number of benzene rings is 2. The van der Waals surface area contributed by atoms with E-state index in [9.17, 15) is 9.59 Å². The molecular formula is C25H20N4O2S2. The molecule has 1 amide bonds. The van der Waals surface area contributed by atoms with Crippen LogP contribution in [0, 0.1) is 5.92 Å². The Labute approximate surface area is 198 Å². The Balaban J connectivity index is 1.48. The number of thiophene rings is 1. The van der Waals surface area contributed by atoms with Crippen molar-refractivity contribution in [1.82, 2.24) is 14.9 Å². The van der Waals surface area contributed by atoms with Crippen LogP contribution >= 0.6 is 23.1 Å². The summed E-state index contributed by atoms with van der Waals surface area (Å²) in [5, 5.41) is 5.16. The van der Waals surface area contributed by atoms with Crippen molar-refractivity contribution in [2.24, 2.45) is 5.92 Å².